The average Bonchev–Trinajstić information content (AvgIpc) is 3.43. The molecular formula is C31H27ClN2O6S. The normalized spacial score (nSPS) is 24.0. The molecule has 0 saturated carbocycles. The van der Waals surface area contributed by atoms with Gasteiger partial charge in [-0.05, 0) is 59.4 Å². The van der Waals surface area contributed by atoms with Crippen molar-refractivity contribution in [3.8, 4) is 0 Å². The van der Waals surface area contributed by atoms with Crippen molar-refractivity contribution in [1.29, 1.82) is 0 Å². The lowest BCUT2D eigenvalue weighted by Crippen LogP contribution is -2.56. The molecule has 1 aromatic heterocycles. The number of thioether (sulfide) groups is 1. The number of halogens is 1. The molecule has 0 radical (unpaired) electrons. The van der Waals surface area contributed by atoms with Gasteiger partial charge in [0.1, 0.15) is 11.1 Å². The zero-order valence-electron chi connectivity index (χ0n) is 22.3. The molecule has 0 bridgehead atoms. The third kappa shape index (κ3) is 4.26. The van der Waals surface area contributed by atoms with Gasteiger partial charge in [-0.1, -0.05) is 54.1 Å². The van der Waals surface area contributed by atoms with Gasteiger partial charge in [0.25, 0.3) is 0 Å². The number of nitrogens with one attached hydrogen (secondary N) is 1. The predicted molar refractivity (Wildman–Crippen MR) is 158 cm³/mol. The number of carboxylic acid groups (broad SMARTS) is 1. The molecule has 6 rings (SSSR count). The number of aliphatic carboxylic acids is 1. The van der Waals surface area contributed by atoms with Crippen molar-refractivity contribution in [2.45, 2.75) is 31.5 Å². The van der Waals surface area contributed by atoms with E-state index in [-0.39, 0.29) is 23.9 Å². The highest BCUT2D eigenvalue weighted by atomic mass is 35.5. The molecule has 2 amide bonds. The third-order valence-corrected chi connectivity index (χ3v) is 9.47. The molecule has 2 aliphatic rings. The number of carboxylic acids is 1. The molecule has 2 saturated heterocycles. The standard InChI is InChI=1S/C31H27ClN2O6S/c1-16-12-23-20(13-22(16)32)27(35)21(15-40-23)26-24-25(31(33-26,30(38)39)10-11-41-2)29(37)34(28(24)36)14-18-8-5-7-17-6-3-4-9-19(17)18/h3-9,12-13,15,24-26,33H,10-11,14H2,1-2H3,(H,38,39). The monoisotopic (exact) mass is 590 g/mol. The number of nitrogens with zero attached hydrogens (tertiary/aromatic N) is 1. The number of imide groups is 1. The molecule has 2 aliphatic heterocycles. The van der Waals surface area contributed by atoms with Crippen LogP contribution in [0.25, 0.3) is 21.7 Å². The summed E-state index contributed by atoms with van der Waals surface area (Å²) < 4.78 is 5.80. The highest BCUT2D eigenvalue weighted by molar-refractivity contribution is 7.98. The second kappa shape index (κ2) is 10.3. The van der Waals surface area contributed by atoms with Crippen LogP contribution in [-0.4, -0.2) is 45.3 Å². The van der Waals surface area contributed by atoms with Gasteiger partial charge in [0.05, 0.1) is 41.6 Å². The lowest BCUT2D eigenvalue weighted by atomic mass is 9.78. The van der Waals surface area contributed by atoms with Gasteiger partial charge in [-0.3, -0.25) is 29.4 Å². The molecule has 2 N–H and O–H groups in total. The highest BCUT2D eigenvalue weighted by Crippen LogP contribution is 2.50. The maximum Gasteiger partial charge on any atom is 0.324 e. The Balaban J connectivity index is 1.48. The fourth-order valence-corrected chi connectivity index (χ4v) is 7.05. The number of likely N-dealkylation sites (tertiary alicyclic amines) is 1. The Morgan fingerprint density at radius 2 is 1.85 bits per heavy atom. The first kappa shape index (κ1) is 27.5. The second-order valence-corrected chi connectivity index (χ2v) is 12.1. The van der Waals surface area contributed by atoms with Gasteiger partial charge in [-0.2, -0.15) is 11.8 Å². The minimum Gasteiger partial charge on any atom is -0.480 e. The molecule has 41 heavy (non-hydrogen) atoms. The van der Waals surface area contributed by atoms with Crippen molar-refractivity contribution in [2.75, 3.05) is 12.0 Å². The van der Waals surface area contributed by atoms with Gasteiger partial charge >= 0.3 is 5.97 Å². The number of carbonyl (C=O) groups excluding carboxylic acids is 2. The van der Waals surface area contributed by atoms with Crippen LogP contribution in [0.1, 0.15) is 29.2 Å². The van der Waals surface area contributed by atoms with Crippen molar-refractivity contribution < 1.29 is 23.9 Å². The fraction of sp³-hybridized carbons (Fsp3) is 0.290. The Bertz CT molecular complexity index is 1800. The van der Waals surface area contributed by atoms with E-state index in [0.29, 0.717) is 16.4 Å². The number of hydrogen-bond donors (Lipinski definition) is 2. The van der Waals surface area contributed by atoms with Crippen molar-refractivity contribution in [3.05, 3.63) is 92.8 Å². The van der Waals surface area contributed by atoms with Crippen LogP contribution >= 0.6 is 23.4 Å². The summed E-state index contributed by atoms with van der Waals surface area (Å²) >= 11 is 7.75. The van der Waals surface area contributed by atoms with Gasteiger partial charge < -0.3 is 9.52 Å². The molecule has 10 heteroatoms. The number of aryl methyl sites for hydroxylation is 1. The van der Waals surface area contributed by atoms with E-state index in [0.717, 1.165) is 26.8 Å². The van der Waals surface area contributed by atoms with E-state index >= 15 is 0 Å². The molecule has 8 nitrogen and oxygen atoms in total. The molecule has 0 spiro atoms. The average molecular weight is 591 g/mol. The molecule has 4 atom stereocenters. The quantitative estimate of drug-likeness (QED) is 0.291. The molecule has 4 aromatic rings. The zero-order chi connectivity index (χ0) is 29.1. The first-order chi connectivity index (χ1) is 19.7. The van der Waals surface area contributed by atoms with Crippen LogP contribution in [0.3, 0.4) is 0 Å². The lowest BCUT2D eigenvalue weighted by Gasteiger charge is -2.31. The van der Waals surface area contributed by atoms with Crippen molar-refractivity contribution in [3.63, 3.8) is 0 Å². The van der Waals surface area contributed by atoms with E-state index in [9.17, 15) is 24.3 Å². The topological polar surface area (TPSA) is 117 Å². The van der Waals surface area contributed by atoms with Crippen LogP contribution in [0.2, 0.25) is 5.02 Å². The van der Waals surface area contributed by atoms with Crippen LogP contribution < -0.4 is 10.7 Å². The summed E-state index contributed by atoms with van der Waals surface area (Å²) in [5, 5.41) is 16.1. The Morgan fingerprint density at radius 1 is 1.10 bits per heavy atom. The predicted octanol–water partition coefficient (Wildman–Crippen LogP) is 4.93. The second-order valence-electron chi connectivity index (χ2n) is 10.7. The van der Waals surface area contributed by atoms with Crippen molar-refractivity contribution >= 4 is 62.9 Å². The van der Waals surface area contributed by atoms with E-state index < -0.39 is 46.6 Å². The summed E-state index contributed by atoms with van der Waals surface area (Å²) in [5.74, 6) is -4.18. The molecule has 4 unspecified atom stereocenters. The van der Waals surface area contributed by atoms with E-state index in [4.69, 9.17) is 16.0 Å². The minimum atomic E-state index is -1.75. The SMILES string of the molecule is CSCCC1(C(=O)O)NC(c2coc3cc(C)c(Cl)cc3c2=O)C2C(=O)N(Cc3cccc4ccccc34)C(=O)C21. The Kier molecular flexibility index (Phi) is 6.92. The molecule has 0 aliphatic carbocycles. The van der Waals surface area contributed by atoms with Crippen LogP contribution in [-0.2, 0) is 20.9 Å². The molecule has 3 aromatic carbocycles. The number of rotatable bonds is 7. The third-order valence-electron chi connectivity index (χ3n) is 8.45. The molecule has 210 valence electrons. The Labute approximate surface area is 244 Å². The van der Waals surface area contributed by atoms with Crippen LogP contribution in [0.15, 0.2) is 70.1 Å². The highest BCUT2D eigenvalue weighted by Gasteiger charge is 2.68. The first-order valence-corrected chi connectivity index (χ1v) is 15.0. The summed E-state index contributed by atoms with van der Waals surface area (Å²) in [5.41, 5.74) is -0.249. The first-order valence-electron chi connectivity index (χ1n) is 13.2. The Hall–Kier alpha value is -3.66. The van der Waals surface area contributed by atoms with Crippen molar-refractivity contribution in [2.24, 2.45) is 11.8 Å². The smallest absolute Gasteiger partial charge is 0.324 e. The summed E-state index contributed by atoms with van der Waals surface area (Å²) in [6.07, 6.45) is 3.20. The number of carbonyl (C=O) groups is 3. The van der Waals surface area contributed by atoms with Gasteiger partial charge in [-0.25, -0.2) is 0 Å². The van der Waals surface area contributed by atoms with E-state index in [2.05, 4.69) is 5.32 Å². The van der Waals surface area contributed by atoms with E-state index in [1.165, 1.54) is 24.1 Å². The van der Waals surface area contributed by atoms with Gasteiger partial charge in [-0.15, -0.1) is 0 Å². The van der Waals surface area contributed by atoms with Crippen LogP contribution in [0.5, 0.6) is 0 Å². The zero-order valence-corrected chi connectivity index (χ0v) is 23.9. The maximum absolute atomic E-state index is 14.1. The summed E-state index contributed by atoms with van der Waals surface area (Å²) in [4.78, 5) is 56.0. The lowest BCUT2D eigenvalue weighted by molar-refractivity contribution is -0.151. The molecule has 2 fully saturated rings. The summed E-state index contributed by atoms with van der Waals surface area (Å²) in [6.45, 7) is 1.79. The van der Waals surface area contributed by atoms with E-state index in [1.807, 2.05) is 48.7 Å². The fourth-order valence-electron chi connectivity index (χ4n) is 6.36. The summed E-state index contributed by atoms with van der Waals surface area (Å²) in [7, 11) is 0. The van der Waals surface area contributed by atoms with Crippen molar-refractivity contribution in [1.82, 2.24) is 10.2 Å². The van der Waals surface area contributed by atoms with Gasteiger partial charge in [0, 0.05) is 5.02 Å². The van der Waals surface area contributed by atoms with Crippen LogP contribution in [0, 0.1) is 18.8 Å². The van der Waals surface area contributed by atoms with Gasteiger partial charge in [0.2, 0.25) is 11.8 Å². The minimum absolute atomic E-state index is 0.00181. The number of benzene rings is 3. The maximum atomic E-state index is 14.1. The number of amides is 2. The number of hydrogen-bond acceptors (Lipinski definition) is 7. The summed E-state index contributed by atoms with van der Waals surface area (Å²) in [6, 6.07) is 15.5. The largest absolute Gasteiger partial charge is 0.480 e. The van der Waals surface area contributed by atoms with Crippen LogP contribution in [0.4, 0.5) is 0 Å². The number of fused-ring (bicyclic) bond motifs is 3. The molecular weight excluding hydrogens is 564 g/mol. The molecule has 3 heterocycles. The Morgan fingerprint density at radius 3 is 2.61 bits per heavy atom. The van der Waals surface area contributed by atoms with E-state index in [1.54, 1.807) is 13.0 Å². The van der Waals surface area contributed by atoms with Gasteiger partial charge in [0.15, 0.2) is 5.43 Å².